The third-order valence-corrected chi connectivity index (χ3v) is 3.54. The van der Waals surface area contributed by atoms with Gasteiger partial charge in [0.15, 0.2) is 0 Å². The minimum atomic E-state index is -0.271. The van der Waals surface area contributed by atoms with Gasteiger partial charge in [-0.3, -0.25) is 14.4 Å². The Kier molecular flexibility index (Phi) is 4.93. The Bertz CT molecular complexity index is 387. The number of hydrogen-bond acceptors (Lipinski definition) is 4. The molecule has 1 amide bonds. The van der Waals surface area contributed by atoms with Crippen LogP contribution in [0.3, 0.4) is 0 Å². The molecule has 19 heavy (non-hydrogen) atoms. The lowest BCUT2D eigenvalue weighted by molar-refractivity contribution is -0.124. The van der Waals surface area contributed by atoms with E-state index in [0.29, 0.717) is 12.6 Å². The molecule has 106 valence electrons. The van der Waals surface area contributed by atoms with Crippen LogP contribution >= 0.6 is 0 Å². The normalized spacial score (nSPS) is 19.9. The second kappa shape index (κ2) is 6.68. The Morgan fingerprint density at radius 2 is 2.16 bits per heavy atom. The van der Waals surface area contributed by atoms with Crippen molar-refractivity contribution in [3.8, 4) is 0 Å². The highest BCUT2D eigenvalue weighted by atomic mass is 16.5. The van der Waals surface area contributed by atoms with Gasteiger partial charge in [0.05, 0.1) is 13.2 Å². The van der Waals surface area contributed by atoms with Crippen LogP contribution in [0.25, 0.3) is 0 Å². The van der Waals surface area contributed by atoms with E-state index in [1.165, 1.54) is 0 Å². The number of nitrogens with zero attached hydrogens (tertiary/aromatic N) is 3. The molecule has 0 radical (unpaired) electrons. The van der Waals surface area contributed by atoms with E-state index < -0.39 is 0 Å². The minimum absolute atomic E-state index is 0.00353. The molecule has 6 nitrogen and oxygen atoms in total. The first-order chi connectivity index (χ1) is 9.18. The third kappa shape index (κ3) is 3.78. The number of ether oxygens (including phenoxy) is 1. The molecule has 0 saturated carbocycles. The molecule has 0 unspecified atom stereocenters. The summed E-state index contributed by atoms with van der Waals surface area (Å²) in [7, 11) is 0. The second-order valence-corrected chi connectivity index (χ2v) is 4.90. The zero-order valence-corrected chi connectivity index (χ0v) is 11.6. The molecular weight excluding hydrogens is 244 g/mol. The lowest BCUT2D eigenvalue weighted by atomic mass is 10.2. The Morgan fingerprint density at radius 1 is 1.42 bits per heavy atom. The highest BCUT2D eigenvalue weighted by Gasteiger charge is 2.19. The van der Waals surface area contributed by atoms with E-state index in [0.717, 1.165) is 26.3 Å². The van der Waals surface area contributed by atoms with Gasteiger partial charge in [-0.25, -0.2) is 0 Å². The number of hydrogen-bond donors (Lipinski definition) is 1. The molecule has 2 rings (SSSR count). The summed E-state index contributed by atoms with van der Waals surface area (Å²) in [6.45, 7) is 8.07. The zero-order valence-electron chi connectivity index (χ0n) is 11.6. The van der Waals surface area contributed by atoms with Crippen LogP contribution in [0.2, 0.25) is 0 Å². The number of morpholine rings is 1. The van der Waals surface area contributed by atoms with E-state index in [9.17, 15) is 4.79 Å². The van der Waals surface area contributed by atoms with Crippen molar-refractivity contribution in [3.05, 3.63) is 18.5 Å². The molecule has 0 aromatic carbocycles. The van der Waals surface area contributed by atoms with Gasteiger partial charge in [0.25, 0.3) is 0 Å². The van der Waals surface area contributed by atoms with Crippen LogP contribution in [0.1, 0.15) is 19.9 Å². The molecule has 6 heteroatoms. The van der Waals surface area contributed by atoms with E-state index in [4.69, 9.17) is 4.74 Å². The van der Waals surface area contributed by atoms with Gasteiger partial charge >= 0.3 is 0 Å². The van der Waals surface area contributed by atoms with Crippen molar-refractivity contribution in [2.75, 3.05) is 32.8 Å². The number of aromatic nitrogens is 2. The number of nitrogens with one attached hydrogen (secondary N) is 1. The first kappa shape index (κ1) is 14.0. The summed E-state index contributed by atoms with van der Waals surface area (Å²) in [4.78, 5) is 14.3. The lowest BCUT2D eigenvalue weighted by Gasteiger charge is -2.32. The van der Waals surface area contributed by atoms with Crippen LogP contribution in [-0.4, -0.2) is 59.5 Å². The lowest BCUT2D eigenvalue weighted by Crippen LogP contribution is -2.48. The molecule has 2 atom stereocenters. The van der Waals surface area contributed by atoms with E-state index >= 15 is 0 Å². The Morgan fingerprint density at radius 3 is 2.79 bits per heavy atom. The van der Waals surface area contributed by atoms with Crippen molar-refractivity contribution in [1.82, 2.24) is 20.0 Å². The van der Waals surface area contributed by atoms with Gasteiger partial charge in [-0.1, -0.05) is 0 Å². The summed E-state index contributed by atoms with van der Waals surface area (Å²) < 4.78 is 6.98. The topological polar surface area (TPSA) is 59.4 Å². The summed E-state index contributed by atoms with van der Waals surface area (Å²) >= 11 is 0. The second-order valence-electron chi connectivity index (χ2n) is 4.90. The fraction of sp³-hybridized carbons (Fsp3) is 0.692. The first-order valence-corrected chi connectivity index (χ1v) is 6.77. The van der Waals surface area contributed by atoms with Crippen LogP contribution in [0.4, 0.5) is 0 Å². The fourth-order valence-electron chi connectivity index (χ4n) is 2.17. The first-order valence-electron chi connectivity index (χ1n) is 6.77. The van der Waals surface area contributed by atoms with Gasteiger partial charge in [-0.05, 0) is 19.9 Å². The number of rotatable bonds is 5. The Labute approximate surface area is 113 Å². The number of amides is 1. The SMILES string of the molecule is C[C@@H](CNC(=O)[C@H](C)n1cccn1)N1CCOCC1. The van der Waals surface area contributed by atoms with E-state index in [-0.39, 0.29) is 11.9 Å². The quantitative estimate of drug-likeness (QED) is 0.831. The van der Waals surface area contributed by atoms with Gasteiger partial charge in [-0.15, -0.1) is 0 Å². The van der Waals surface area contributed by atoms with Gasteiger partial charge in [0, 0.05) is 38.1 Å². The monoisotopic (exact) mass is 266 g/mol. The van der Waals surface area contributed by atoms with Gasteiger partial charge < -0.3 is 10.1 Å². The smallest absolute Gasteiger partial charge is 0.244 e. The Hall–Kier alpha value is -1.40. The maximum Gasteiger partial charge on any atom is 0.244 e. The average Bonchev–Trinajstić information content (AvgIpc) is 2.98. The van der Waals surface area contributed by atoms with E-state index in [2.05, 4.69) is 22.2 Å². The maximum absolute atomic E-state index is 12.0. The largest absolute Gasteiger partial charge is 0.379 e. The van der Waals surface area contributed by atoms with Crippen LogP contribution < -0.4 is 5.32 Å². The summed E-state index contributed by atoms with van der Waals surface area (Å²) in [5, 5.41) is 7.07. The summed E-state index contributed by atoms with van der Waals surface area (Å²) in [5.74, 6) is 0.00353. The van der Waals surface area contributed by atoms with E-state index in [1.807, 2.05) is 13.0 Å². The molecule has 1 aromatic heterocycles. The van der Waals surface area contributed by atoms with Crippen molar-refractivity contribution in [2.24, 2.45) is 0 Å². The van der Waals surface area contributed by atoms with Crippen molar-refractivity contribution < 1.29 is 9.53 Å². The molecule has 0 spiro atoms. The highest BCUT2D eigenvalue weighted by Crippen LogP contribution is 2.05. The van der Waals surface area contributed by atoms with Crippen molar-refractivity contribution in [3.63, 3.8) is 0 Å². The van der Waals surface area contributed by atoms with Crippen LogP contribution in [0, 0.1) is 0 Å². The summed E-state index contributed by atoms with van der Waals surface area (Å²) in [5.41, 5.74) is 0. The van der Waals surface area contributed by atoms with Crippen molar-refractivity contribution in [1.29, 1.82) is 0 Å². The zero-order chi connectivity index (χ0) is 13.7. The third-order valence-electron chi connectivity index (χ3n) is 3.54. The highest BCUT2D eigenvalue weighted by molar-refractivity contribution is 5.79. The Balaban J connectivity index is 1.76. The predicted molar refractivity (Wildman–Crippen MR) is 71.8 cm³/mol. The molecule has 1 aliphatic rings. The molecule has 2 heterocycles. The summed E-state index contributed by atoms with van der Waals surface area (Å²) in [6.07, 6.45) is 3.48. The van der Waals surface area contributed by atoms with E-state index in [1.54, 1.807) is 17.1 Å². The molecule has 1 aliphatic heterocycles. The number of carbonyl (C=O) groups is 1. The average molecular weight is 266 g/mol. The fourth-order valence-corrected chi connectivity index (χ4v) is 2.17. The molecule has 1 aromatic rings. The minimum Gasteiger partial charge on any atom is -0.379 e. The molecule has 0 aliphatic carbocycles. The van der Waals surface area contributed by atoms with Crippen LogP contribution in [0.15, 0.2) is 18.5 Å². The maximum atomic E-state index is 12.0. The molecule has 0 bridgehead atoms. The predicted octanol–water partition coefficient (Wildman–Crippen LogP) is 0.281. The van der Waals surface area contributed by atoms with Crippen LogP contribution in [-0.2, 0) is 9.53 Å². The van der Waals surface area contributed by atoms with Crippen molar-refractivity contribution in [2.45, 2.75) is 25.9 Å². The molecule has 1 N–H and O–H groups in total. The standard InChI is InChI=1S/C13H22N4O2/c1-11(16-6-8-19-9-7-16)10-14-13(18)12(2)17-5-3-4-15-17/h3-5,11-12H,6-10H2,1-2H3,(H,14,18)/t11-,12-/m0/s1. The van der Waals surface area contributed by atoms with Crippen molar-refractivity contribution >= 4 is 5.91 Å². The number of carbonyl (C=O) groups excluding carboxylic acids is 1. The van der Waals surface area contributed by atoms with Gasteiger partial charge in [-0.2, -0.15) is 5.10 Å². The van der Waals surface area contributed by atoms with Crippen LogP contribution in [0.5, 0.6) is 0 Å². The molecular formula is C13H22N4O2. The van der Waals surface area contributed by atoms with Gasteiger partial charge in [0.1, 0.15) is 6.04 Å². The van der Waals surface area contributed by atoms with Gasteiger partial charge in [0.2, 0.25) is 5.91 Å². The molecule has 1 fully saturated rings. The molecule has 1 saturated heterocycles. The summed E-state index contributed by atoms with van der Waals surface area (Å²) in [6, 6.07) is 1.88.